The zero-order chi connectivity index (χ0) is 18.2. The first-order valence-electron chi connectivity index (χ1n) is 7.86. The fourth-order valence-corrected chi connectivity index (χ4v) is 2.75. The molecule has 0 aliphatic heterocycles. The molecular weight excluding hydrogens is 382 g/mol. The summed E-state index contributed by atoms with van der Waals surface area (Å²) in [6.07, 6.45) is 0. The standard InChI is InChI=1S/C19H20BrN3O2/c1-14-11-16(20)7-8-17(14)22-19(24)13-23(2)9-10-25-18-6-4-3-5-15(18)12-21/h3-8,11H,9-10,13H2,1-2H3,(H,22,24). The van der Waals surface area contributed by atoms with Crippen LogP contribution < -0.4 is 10.1 Å². The van der Waals surface area contributed by atoms with Gasteiger partial charge >= 0.3 is 0 Å². The van der Waals surface area contributed by atoms with Gasteiger partial charge in [0.05, 0.1) is 12.1 Å². The van der Waals surface area contributed by atoms with Crippen molar-refractivity contribution in [2.45, 2.75) is 6.92 Å². The predicted octanol–water partition coefficient (Wildman–Crippen LogP) is 3.58. The molecule has 2 aromatic rings. The van der Waals surface area contributed by atoms with Gasteiger partial charge in [-0.2, -0.15) is 5.26 Å². The topological polar surface area (TPSA) is 65.4 Å². The van der Waals surface area contributed by atoms with E-state index in [9.17, 15) is 4.79 Å². The molecule has 0 saturated heterocycles. The largest absolute Gasteiger partial charge is 0.491 e. The number of anilines is 1. The number of nitrogens with zero attached hydrogens (tertiary/aromatic N) is 2. The molecule has 1 amide bonds. The van der Waals surface area contributed by atoms with Crippen LogP contribution in [0.3, 0.4) is 0 Å². The van der Waals surface area contributed by atoms with Gasteiger partial charge in [0.1, 0.15) is 18.4 Å². The zero-order valence-corrected chi connectivity index (χ0v) is 15.8. The Morgan fingerprint density at radius 1 is 1.32 bits per heavy atom. The number of benzene rings is 2. The van der Waals surface area contributed by atoms with Gasteiger partial charge in [0, 0.05) is 16.7 Å². The van der Waals surface area contributed by atoms with Gasteiger partial charge < -0.3 is 10.1 Å². The van der Waals surface area contributed by atoms with Crippen LogP contribution in [-0.2, 0) is 4.79 Å². The second-order valence-electron chi connectivity index (χ2n) is 5.70. The number of aryl methyl sites for hydroxylation is 1. The molecule has 25 heavy (non-hydrogen) atoms. The Kier molecular flexibility index (Phi) is 6.99. The van der Waals surface area contributed by atoms with Crippen molar-refractivity contribution >= 4 is 27.5 Å². The molecule has 0 radical (unpaired) electrons. The normalized spacial score (nSPS) is 10.4. The van der Waals surface area contributed by atoms with Crippen molar-refractivity contribution in [2.24, 2.45) is 0 Å². The molecule has 0 saturated carbocycles. The van der Waals surface area contributed by atoms with Crippen LogP contribution in [-0.4, -0.2) is 37.6 Å². The Morgan fingerprint density at radius 3 is 2.80 bits per heavy atom. The maximum absolute atomic E-state index is 12.1. The summed E-state index contributed by atoms with van der Waals surface area (Å²) in [4.78, 5) is 14.0. The molecule has 0 aliphatic carbocycles. The number of para-hydroxylation sites is 1. The van der Waals surface area contributed by atoms with Gasteiger partial charge in [-0.25, -0.2) is 0 Å². The highest BCUT2D eigenvalue weighted by Crippen LogP contribution is 2.20. The van der Waals surface area contributed by atoms with Gasteiger partial charge in [-0.15, -0.1) is 0 Å². The van der Waals surface area contributed by atoms with E-state index in [1.165, 1.54) is 0 Å². The molecule has 5 nitrogen and oxygen atoms in total. The number of halogens is 1. The second-order valence-corrected chi connectivity index (χ2v) is 6.62. The summed E-state index contributed by atoms with van der Waals surface area (Å²) < 4.78 is 6.61. The van der Waals surface area contributed by atoms with Crippen LogP contribution in [0, 0.1) is 18.3 Å². The highest BCUT2D eigenvalue weighted by molar-refractivity contribution is 9.10. The maximum Gasteiger partial charge on any atom is 0.238 e. The molecule has 2 rings (SSSR count). The van der Waals surface area contributed by atoms with E-state index in [1.54, 1.807) is 18.2 Å². The minimum atomic E-state index is -0.0784. The predicted molar refractivity (Wildman–Crippen MR) is 102 cm³/mol. The second kappa shape index (κ2) is 9.21. The number of hydrogen-bond acceptors (Lipinski definition) is 4. The average Bonchev–Trinajstić information content (AvgIpc) is 2.58. The third kappa shape index (κ3) is 5.89. The monoisotopic (exact) mass is 401 g/mol. The quantitative estimate of drug-likeness (QED) is 0.769. The number of rotatable bonds is 7. The molecule has 0 atom stereocenters. The van der Waals surface area contributed by atoms with Crippen LogP contribution in [0.2, 0.25) is 0 Å². The lowest BCUT2D eigenvalue weighted by Crippen LogP contribution is -2.33. The van der Waals surface area contributed by atoms with Crippen molar-refractivity contribution in [3.8, 4) is 11.8 Å². The fraction of sp³-hybridized carbons (Fsp3) is 0.263. The van der Waals surface area contributed by atoms with Crippen LogP contribution in [0.25, 0.3) is 0 Å². The lowest BCUT2D eigenvalue weighted by atomic mass is 10.2. The zero-order valence-electron chi connectivity index (χ0n) is 14.3. The summed E-state index contributed by atoms with van der Waals surface area (Å²) in [6.45, 7) is 3.19. The van der Waals surface area contributed by atoms with Crippen molar-refractivity contribution < 1.29 is 9.53 Å². The number of hydrogen-bond donors (Lipinski definition) is 1. The highest BCUT2D eigenvalue weighted by Gasteiger charge is 2.09. The number of likely N-dealkylation sites (N-methyl/N-ethyl adjacent to an activating group) is 1. The fourth-order valence-electron chi connectivity index (χ4n) is 2.28. The van der Waals surface area contributed by atoms with E-state index >= 15 is 0 Å². The molecule has 0 heterocycles. The van der Waals surface area contributed by atoms with Crippen molar-refractivity contribution in [3.05, 3.63) is 58.1 Å². The van der Waals surface area contributed by atoms with Crippen LogP contribution >= 0.6 is 15.9 Å². The summed E-state index contributed by atoms with van der Waals surface area (Å²) in [5.74, 6) is 0.485. The van der Waals surface area contributed by atoms with Crippen molar-refractivity contribution in [1.82, 2.24) is 4.90 Å². The Hall–Kier alpha value is -2.36. The Labute approximate surface area is 156 Å². The lowest BCUT2D eigenvalue weighted by Gasteiger charge is -2.17. The minimum absolute atomic E-state index is 0.0784. The molecule has 0 fully saturated rings. The summed E-state index contributed by atoms with van der Waals surface area (Å²) >= 11 is 3.41. The SMILES string of the molecule is Cc1cc(Br)ccc1NC(=O)CN(C)CCOc1ccccc1C#N. The maximum atomic E-state index is 12.1. The number of carbonyl (C=O) groups is 1. The molecule has 6 heteroatoms. The van der Waals surface area contributed by atoms with E-state index in [2.05, 4.69) is 27.3 Å². The average molecular weight is 402 g/mol. The van der Waals surface area contributed by atoms with Gasteiger partial charge in [-0.3, -0.25) is 9.69 Å². The first-order chi connectivity index (χ1) is 12.0. The van der Waals surface area contributed by atoms with Crippen LogP contribution in [0.4, 0.5) is 5.69 Å². The summed E-state index contributed by atoms with van der Waals surface area (Å²) in [5, 5.41) is 11.9. The summed E-state index contributed by atoms with van der Waals surface area (Å²) in [6, 6.07) is 14.9. The van der Waals surface area contributed by atoms with Crippen molar-refractivity contribution in [2.75, 3.05) is 32.1 Å². The van der Waals surface area contributed by atoms with Crippen molar-refractivity contribution in [3.63, 3.8) is 0 Å². The van der Waals surface area contributed by atoms with Gasteiger partial charge in [0.25, 0.3) is 0 Å². The number of nitriles is 1. The molecule has 0 aliphatic rings. The third-order valence-corrected chi connectivity index (χ3v) is 4.11. The van der Waals surface area contributed by atoms with Crippen LogP contribution in [0.5, 0.6) is 5.75 Å². The van der Waals surface area contributed by atoms with Gasteiger partial charge in [-0.1, -0.05) is 28.1 Å². The smallest absolute Gasteiger partial charge is 0.238 e. The van der Waals surface area contributed by atoms with E-state index in [4.69, 9.17) is 10.00 Å². The molecule has 130 valence electrons. The summed E-state index contributed by atoms with van der Waals surface area (Å²) in [5.41, 5.74) is 2.32. The van der Waals surface area contributed by atoms with Crippen LogP contribution in [0.1, 0.15) is 11.1 Å². The highest BCUT2D eigenvalue weighted by atomic mass is 79.9. The van der Waals surface area contributed by atoms with E-state index in [0.717, 1.165) is 15.7 Å². The number of amides is 1. The van der Waals surface area contributed by atoms with Crippen molar-refractivity contribution in [1.29, 1.82) is 5.26 Å². The summed E-state index contributed by atoms with van der Waals surface area (Å²) in [7, 11) is 1.85. The molecule has 0 bridgehead atoms. The third-order valence-electron chi connectivity index (χ3n) is 3.61. The van der Waals surface area contributed by atoms with E-state index in [1.807, 2.05) is 43.1 Å². The minimum Gasteiger partial charge on any atom is -0.491 e. The van der Waals surface area contributed by atoms with Gasteiger partial charge in [-0.05, 0) is 49.9 Å². The Balaban J connectivity index is 1.79. The first kappa shape index (κ1) is 19.0. The Bertz CT molecular complexity index is 786. The van der Waals surface area contributed by atoms with E-state index in [0.29, 0.717) is 24.5 Å². The molecule has 1 N–H and O–H groups in total. The first-order valence-corrected chi connectivity index (χ1v) is 8.65. The lowest BCUT2D eigenvalue weighted by molar-refractivity contribution is -0.117. The van der Waals surface area contributed by atoms with E-state index < -0.39 is 0 Å². The van der Waals surface area contributed by atoms with Gasteiger partial charge in [0.2, 0.25) is 5.91 Å². The Morgan fingerprint density at radius 2 is 2.08 bits per heavy atom. The molecule has 0 unspecified atom stereocenters. The number of carbonyl (C=O) groups excluding carboxylic acids is 1. The molecular formula is C19H20BrN3O2. The molecule has 0 spiro atoms. The van der Waals surface area contributed by atoms with Gasteiger partial charge in [0.15, 0.2) is 0 Å². The van der Waals surface area contributed by atoms with E-state index in [-0.39, 0.29) is 12.5 Å². The molecule has 0 aromatic heterocycles. The number of nitrogens with one attached hydrogen (secondary N) is 1. The molecule has 2 aromatic carbocycles. The number of ether oxygens (including phenoxy) is 1. The van der Waals surface area contributed by atoms with Crippen LogP contribution in [0.15, 0.2) is 46.9 Å².